The van der Waals surface area contributed by atoms with E-state index in [4.69, 9.17) is 5.11 Å². The van der Waals surface area contributed by atoms with E-state index in [-0.39, 0.29) is 17.3 Å². The lowest BCUT2D eigenvalue weighted by Crippen LogP contribution is -2.46. The molecule has 0 aromatic heterocycles. The van der Waals surface area contributed by atoms with Gasteiger partial charge in [0.15, 0.2) is 0 Å². The number of sulfonamides is 1. The minimum atomic E-state index is -3.49. The van der Waals surface area contributed by atoms with E-state index < -0.39 is 27.8 Å². The molecule has 1 amide bonds. The zero-order chi connectivity index (χ0) is 16.5. The van der Waals surface area contributed by atoms with Crippen LogP contribution in [0.15, 0.2) is 18.2 Å². The van der Waals surface area contributed by atoms with E-state index >= 15 is 0 Å². The number of carboxylic acid groups (broad SMARTS) is 1. The summed E-state index contributed by atoms with van der Waals surface area (Å²) in [6, 6.07) is 4.64. The van der Waals surface area contributed by atoms with Crippen LogP contribution in [0.5, 0.6) is 0 Å². The molecule has 0 unspecified atom stereocenters. The van der Waals surface area contributed by atoms with Crippen molar-refractivity contribution in [2.75, 3.05) is 11.0 Å². The van der Waals surface area contributed by atoms with Crippen molar-refractivity contribution < 1.29 is 23.1 Å². The number of carboxylic acids is 1. The number of hydrogen-bond acceptors (Lipinski definition) is 4. The Kier molecular flexibility index (Phi) is 4.41. The highest BCUT2D eigenvalue weighted by atomic mass is 32.2. The fraction of sp³-hybridized carbons (Fsp3) is 0.429. The first-order valence-corrected chi connectivity index (χ1v) is 8.67. The molecule has 0 aliphatic heterocycles. The van der Waals surface area contributed by atoms with Crippen molar-refractivity contribution in [2.24, 2.45) is 5.92 Å². The zero-order valence-corrected chi connectivity index (χ0v) is 13.1. The molecule has 22 heavy (non-hydrogen) atoms. The number of rotatable bonds is 5. The van der Waals surface area contributed by atoms with Crippen molar-refractivity contribution in [1.29, 1.82) is 0 Å². The van der Waals surface area contributed by atoms with Gasteiger partial charge in [-0.25, -0.2) is 8.42 Å². The van der Waals surface area contributed by atoms with Gasteiger partial charge in [-0.15, -0.1) is 0 Å². The lowest BCUT2D eigenvalue weighted by molar-refractivity contribution is -0.145. The van der Waals surface area contributed by atoms with Crippen LogP contribution in [-0.2, 0) is 14.8 Å². The van der Waals surface area contributed by atoms with Gasteiger partial charge in [0, 0.05) is 6.04 Å². The van der Waals surface area contributed by atoms with Gasteiger partial charge >= 0.3 is 5.97 Å². The van der Waals surface area contributed by atoms with Crippen LogP contribution in [-0.4, -0.2) is 37.7 Å². The Labute approximate surface area is 128 Å². The second kappa shape index (κ2) is 5.96. The Balaban J connectivity index is 2.12. The number of amides is 1. The predicted octanol–water partition coefficient (Wildman–Crippen LogP) is 0.960. The molecule has 120 valence electrons. The topological polar surface area (TPSA) is 113 Å². The maximum absolute atomic E-state index is 12.3. The van der Waals surface area contributed by atoms with Gasteiger partial charge in [-0.05, 0) is 31.9 Å². The number of aliphatic carboxylic acids is 1. The molecule has 1 aromatic rings. The molecule has 1 aliphatic carbocycles. The van der Waals surface area contributed by atoms with Crippen LogP contribution in [0.3, 0.4) is 0 Å². The van der Waals surface area contributed by atoms with Crippen molar-refractivity contribution >= 4 is 27.6 Å². The number of hydrogen-bond donors (Lipinski definition) is 3. The summed E-state index contributed by atoms with van der Waals surface area (Å²) in [6.07, 6.45) is 1.79. The van der Waals surface area contributed by atoms with Crippen LogP contribution >= 0.6 is 0 Å². The number of carbonyl (C=O) groups excluding carboxylic acids is 1. The van der Waals surface area contributed by atoms with Crippen molar-refractivity contribution in [1.82, 2.24) is 5.32 Å². The molecule has 1 aliphatic rings. The molecular weight excluding hydrogens is 308 g/mol. The van der Waals surface area contributed by atoms with E-state index in [0.717, 1.165) is 11.8 Å². The molecule has 0 spiro atoms. The highest BCUT2D eigenvalue weighted by Crippen LogP contribution is 2.28. The maximum Gasteiger partial charge on any atom is 0.306 e. The third-order valence-electron chi connectivity index (χ3n) is 3.54. The normalized spacial score (nSPS) is 20.8. The first-order valence-electron chi connectivity index (χ1n) is 6.78. The van der Waals surface area contributed by atoms with Gasteiger partial charge in [-0.3, -0.25) is 14.3 Å². The summed E-state index contributed by atoms with van der Waals surface area (Å²) in [5.41, 5.74) is 1.25. The monoisotopic (exact) mass is 326 g/mol. The molecule has 1 fully saturated rings. The van der Waals surface area contributed by atoms with Crippen LogP contribution < -0.4 is 10.0 Å². The Hall–Kier alpha value is -2.09. The van der Waals surface area contributed by atoms with Gasteiger partial charge in [-0.2, -0.15) is 0 Å². The molecule has 3 N–H and O–H groups in total. The highest BCUT2D eigenvalue weighted by molar-refractivity contribution is 7.92. The number of nitrogens with one attached hydrogen (secondary N) is 2. The minimum Gasteiger partial charge on any atom is -0.481 e. The summed E-state index contributed by atoms with van der Waals surface area (Å²) < 4.78 is 25.0. The Bertz CT molecular complexity index is 708. The Morgan fingerprint density at radius 1 is 1.27 bits per heavy atom. The first-order chi connectivity index (χ1) is 10.2. The molecule has 0 radical (unpaired) electrons. The van der Waals surface area contributed by atoms with Gasteiger partial charge in [-0.1, -0.05) is 11.6 Å². The quantitative estimate of drug-likeness (QED) is 0.746. The van der Waals surface area contributed by atoms with Crippen molar-refractivity contribution in [3.05, 3.63) is 29.3 Å². The number of carbonyl (C=O) groups is 2. The highest BCUT2D eigenvalue weighted by Gasteiger charge is 2.35. The molecule has 0 atom stereocenters. The van der Waals surface area contributed by atoms with Crippen LogP contribution in [0.25, 0.3) is 0 Å². The maximum atomic E-state index is 12.3. The molecule has 0 bridgehead atoms. The first kappa shape index (κ1) is 16.3. The molecular formula is C14H18N2O5S. The van der Waals surface area contributed by atoms with E-state index in [1.807, 2.05) is 0 Å². The number of aryl methyl sites for hydroxylation is 1. The molecule has 0 heterocycles. The lowest BCUT2D eigenvalue weighted by atomic mass is 9.80. The fourth-order valence-corrected chi connectivity index (χ4v) is 2.91. The van der Waals surface area contributed by atoms with Crippen LogP contribution in [0.1, 0.15) is 28.8 Å². The van der Waals surface area contributed by atoms with Crippen molar-refractivity contribution in [3.8, 4) is 0 Å². The fourth-order valence-electron chi connectivity index (χ4n) is 2.34. The zero-order valence-electron chi connectivity index (χ0n) is 12.3. The van der Waals surface area contributed by atoms with Crippen LogP contribution in [0.4, 0.5) is 5.69 Å². The van der Waals surface area contributed by atoms with Crippen molar-refractivity contribution in [3.63, 3.8) is 0 Å². The SMILES string of the molecule is Cc1ccc(NS(C)(=O)=O)c(C(=O)NC2CC(C(=O)O)C2)c1. The minimum absolute atomic E-state index is 0.194. The number of benzene rings is 1. The average Bonchev–Trinajstić information content (AvgIpc) is 2.33. The van der Waals surface area contributed by atoms with E-state index in [2.05, 4.69) is 10.0 Å². The van der Waals surface area contributed by atoms with Gasteiger partial charge in [0.2, 0.25) is 10.0 Å². The third-order valence-corrected chi connectivity index (χ3v) is 4.13. The van der Waals surface area contributed by atoms with Gasteiger partial charge in [0.05, 0.1) is 23.4 Å². The summed E-state index contributed by atoms with van der Waals surface area (Å²) in [4.78, 5) is 23.0. The van der Waals surface area contributed by atoms with E-state index in [9.17, 15) is 18.0 Å². The second-order valence-electron chi connectivity index (χ2n) is 5.60. The lowest BCUT2D eigenvalue weighted by Gasteiger charge is -2.33. The predicted molar refractivity (Wildman–Crippen MR) is 81.3 cm³/mol. The standard InChI is InChI=1S/C14H18N2O5S/c1-8-3-4-12(16-22(2,20)21)11(5-8)13(17)15-10-6-9(7-10)14(18)19/h3-5,9-10,16H,6-7H2,1-2H3,(H,15,17)(H,18,19). The summed E-state index contributed by atoms with van der Waals surface area (Å²) in [5.74, 6) is -1.69. The second-order valence-corrected chi connectivity index (χ2v) is 7.35. The van der Waals surface area contributed by atoms with E-state index in [1.54, 1.807) is 19.1 Å². The Morgan fingerprint density at radius 3 is 2.45 bits per heavy atom. The van der Waals surface area contributed by atoms with Gasteiger partial charge < -0.3 is 10.4 Å². The van der Waals surface area contributed by atoms with Gasteiger partial charge in [0.25, 0.3) is 5.91 Å². The molecule has 7 nitrogen and oxygen atoms in total. The number of anilines is 1. The molecule has 1 saturated carbocycles. The van der Waals surface area contributed by atoms with E-state index in [0.29, 0.717) is 12.8 Å². The summed E-state index contributed by atoms with van der Waals surface area (Å²) in [7, 11) is -3.49. The van der Waals surface area contributed by atoms with Crippen LogP contribution in [0, 0.1) is 12.8 Å². The largest absolute Gasteiger partial charge is 0.481 e. The van der Waals surface area contributed by atoms with Gasteiger partial charge in [0.1, 0.15) is 0 Å². The molecule has 8 heteroatoms. The smallest absolute Gasteiger partial charge is 0.306 e. The summed E-state index contributed by atoms with van der Waals surface area (Å²) in [5, 5.41) is 11.6. The molecule has 0 saturated heterocycles. The Morgan fingerprint density at radius 2 is 1.91 bits per heavy atom. The summed E-state index contributed by atoms with van der Waals surface area (Å²) >= 11 is 0. The molecule has 1 aromatic carbocycles. The van der Waals surface area contributed by atoms with E-state index in [1.165, 1.54) is 6.07 Å². The van der Waals surface area contributed by atoms with Crippen LogP contribution in [0.2, 0.25) is 0 Å². The van der Waals surface area contributed by atoms with Crippen molar-refractivity contribution in [2.45, 2.75) is 25.8 Å². The average molecular weight is 326 g/mol. The third kappa shape index (κ3) is 3.97. The molecule has 2 rings (SSSR count). The summed E-state index contributed by atoms with van der Waals surface area (Å²) in [6.45, 7) is 1.80.